The highest BCUT2D eigenvalue weighted by atomic mass is 32.2. The second kappa shape index (κ2) is 8.33. The van der Waals surface area contributed by atoms with E-state index in [4.69, 9.17) is 14.5 Å². The zero-order valence-corrected chi connectivity index (χ0v) is 18.1. The van der Waals surface area contributed by atoms with Gasteiger partial charge in [-0.2, -0.15) is 0 Å². The first-order valence-corrected chi connectivity index (χ1v) is 11.0. The molecule has 31 heavy (non-hydrogen) atoms. The molecule has 4 aromatic rings. The Balaban J connectivity index is 1.82. The summed E-state index contributed by atoms with van der Waals surface area (Å²) in [4.78, 5) is 9.63. The third-order valence-electron chi connectivity index (χ3n) is 5.00. The van der Waals surface area contributed by atoms with Gasteiger partial charge < -0.3 is 9.47 Å². The van der Waals surface area contributed by atoms with E-state index in [0.717, 1.165) is 27.7 Å². The molecule has 0 amide bonds. The number of benzene rings is 3. The van der Waals surface area contributed by atoms with E-state index in [9.17, 15) is 8.42 Å². The van der Waals surface area contributed by atoms with Crippen molar-refractivity contribution in [2.45, 2.75) is 4.90 Å². The van der Waals surface area contributed by atoms with Crippen LogP contribution in [0.25, 0.3) is 33.4 Å². The minimum atomic E-state index is -3.49. The van der Waals surface area contributed by atoms with Crippen molar-refractivity contribution in [3.05, 3.63) is 66.9 Å². The number of aromatic nitrogens is 2. The Morgan fingerprint density at radius 1 is 0.871 bits per heavy atom. The highest BCUT2D eigenvalue weighted by Crippen LogP contribution is 2.33. The van der Waals surface area contributed by atoms with E-state index in [1.54, 1.807) is 44.7 Å². The lowest BCUT2D eigenvalue weighted by atomic mass is 10.0. The summed E-state index contributed by atoms with van der Waals surface area (Å²) in [6.07, 6.45) is 1.72. The smallest absolute Gasteiger partial charge is 0.240 e. The molecule has 4 rings (SSSR count). The molecule has 0 radical (unpaired) electrons. The van der Waals surface area contributed by atoms with Crippen molar-refractivity contribution in [1.29, 1.82) is 0 Å². The van der Waals surface area contributed by atoms with E-state index < -0.39 is 10.0 Å². The summed E-state index contributed by atoms with van der Waals surface area (Å²) in [5.74, 6) is 1.24. The SMILES string of the molecule is CNS(=O)(=O)c1ccc(-c2cccc3ncc(-c4ccc(OC)c(OC)c4)nc23)cc1. The number of nitrogens with one attached hydrogen (secondary N) is 1. The molecule has 7 nitrogen and oxygen atoms in total. The van der Waals surface area contributed by atoms with Gasteiger partial charge >= 0.3 is 0 Å². The molecule has 0 unspecified atom stereocenters. The van der Waals surface area contributed by atoms with Crippen LogP contribution in [-0.4, -0.2) is 39.7 Å². The molecule has 0 bridgehead atoms. The van der Waals surface area contributed by atoms with Crippen molar-refractivity contribution >= 4 is 21.1 Å². The number of para-hydroxylation sites is 1. The van der Waals surface area contributed by atoms with Gasteiger partial charge in [-0.05, 0) is 49.0 Å². The Hall–Kier alpha value is -3.49. The van der Waals surface area contributed by atoms with Gasteiger partial charge in [0.05, 0.1) is 42.0 Å². The number of nitrogens with zero attached hydrogens (tertiary/aromatic N) is 2. The number of methoxy groups -OCH3 is 2. The van der Waals surface area contributed by atoms with Gasteiger partial charge in [-0.1, -0.05) is 24.3 Å². The second-order valence-electron chi connectivity index (χ2n) is 6.73. The van der Waals surface area contributed by atoms with Crippen LogP contribution in [0.1, 0.15) is 0 Å². The molecule has 1 N–H and O–H groups in total. The molecule has 0 saturated carbocycles. The number of rotatable bonds is 6. The van der Waals surface area contributed by atoms with Crippen LogP contribution in [0.4, 0.5) is 0 Å². The van der Waals surface area contributed by atoms with Gasteiger partial charge in [0, 0.05) is 11.1 Å². The molecule has 0 aliphatic heterocycles. The highest BCUT2D eigenvalue weighted by molar-refractivity contribution is 7.89. The molecular formula is C23H21N3O4S. The van der Waals surface area contributed by atoms with Crippen LogP contribution in [0.3, 0.4) is 0 Å². The van der Waals surface area contributed by atoms with Crippen LogP contribution in [0, 0.1) is 0 Å². The zero-order chi connectivity index (χ0) is 22.0. The van der Waals surface area contributed by atoms with Crippen molar-refractivity contribution in [2.75, 3.05) is 21.3 Å². The van der Waals surface area contributed by atoms with Crippen LogP contribution in [0.5, 0.6) is 11.5 Å². The predicted molar refractivity (Wildman–Crippen MR) is 120 cm³/mol. The van der Waals surface area contributed by atoms with E-state index in [1.807, 2.05) is 36.4 Å². The summed E-state index contributed by atoms with van der Waals surface area (Å²) in [7, 11) is 1.07. The van der Waals surface area contributed by atoms with Gasteiger partial charge in [0.15, 0.2) is 11.5 Å². The Morgan fingerprint density at radius 3 is 2.26 bits per heavy atom. The molecule has 0 saturated heterocycles. The van der Waals surface area contributed by atoms with Crippen LogP contribution >= 0.6 is 0 Å². The third-order valence-corrected chi connectivity index (χ3v) is 6.43. The molecule has 3 aromatic carbocycles. The summed E-state index contributed by atoms with van der Waals surface area (Å²) in [6, 6.07) is 18.0. The average Bonchev–Trinajstić information content (AvgIpc) is 2.83. The lowest BCUT2D eigenvalue weighted by Crippen LogP contribution is -2.18. The monoisotopic (exact) mass is 435 g/mol. The predicted octanol–water partition coefficient (Wildman–Crippen LogP) is 3.89. The highest BCUT2D eigenvalue weighted by Gasteiger charge is 2.14. The summed E-state index contributed by atoms with van der Waals surface area (Å²) in [5, 5.41) is 0. The minimum absolute atomic E-state index is 0.205. The lowest BCUT2D eigenvalue weighted by Gasteiger charge is -2.11. The Labute approximate surface area is 180 Å². The van der Waals surface area contributed by atoms with Gasteiger partial charge in [0.25, 0.3) is 0 Å². The van der Waals surface area contributed by atoms with Crippen LogP contribution in [0.2, 0.25) is 0 Å². The standard InChI is InChI=1S/C23H21N3O4S/c1-24-31(27,28)17-10-7-15(8-11-17)18-5-4-6-19-23(18)26-20(14-25-19)16-9-12-21(29-2)22(13-16)30-3/h4-14,24H,1-3H3. The normalized spacial score (nSPS) is 11.5. The summed E-state index contributed by atoms with van der Waals surface area (Å²) in [6.45, 7) is 0. The fraction of sp³-hybridized carbons (Fsp3) is 0.130. The van der Waals surface area contributed by atoms with Crippen molar-refractivity contribution in [3.8, 4) is 33.9 Å². The van der Waals surface area contributed by atoms with Gasteiger partial charge in [0.1, 0.15) is 0 Å². The Morgan fingerprint density at radius 2 is 1.58 bits per heavy atom. The van der Waals surface area contributed by atoms with Gasteiger partial charge in [0.2, 0.25) is 10.0 Å². The molecule has 8 heteroatoms. The minimum Gasteiger partial charge on any atom is -0.493 e. The number of fused-ring (bicyclic) bond motifs is 1. The van der Waals surface area contributed by atoms with Crippen LogP contribution in [-0.2, 0) is 10.0 Å². The van der Waals surface area contributed by atoms with E-state index in [1.165, 1.54) is 7.05 Å². The molecule has 158 valence electrons. The zero-order valence-electron chi connectivity index (χ0n) is 17.3. The molecule has 0 spiro atoms. The van der Waals surface area contributed by atoms with Crippen molar-refractivity contribution in [2.24, 2.45) is 0 Å². The topological polar surface area (TPSA) is 90.4 Å². The summed E-state index contributed by atoms with van der Waals surface area (Å²) >= 11 is 0. The molecule has 0 aliphatic carbocycles. The first kappa shape index (κ1) is 20.8. The third kappa shape index (κ3) is 3.95. The van der Waals surface area contributed by atoms with E-state index in [-0.39, 0.29) is 4.90 Å². The molecule has 1 aromatic heterocycles. The largest absolute Gasteiger partial charge is 0.493 e. The summed E-state index contributed by atoms with van der Waals surface area (Å²) < 4.78 is 37.0. The maximum atomic E-state index is 12.0. The van der Waals surface area contributed by atoms with Crippen LogP contribution < -0.4 is 14.2 Å². The van der Waals surface area contributed by atoms with Crippen LogP contribution in [0.15, 0.2) is 71.8 Å². The van der Waals surface area contributed by atoms with E-state index in [2.05, 4.69) is 9.71 Å². The van der Waals surface area contributed by atoms with E-state index in [0.29, 0.717) is 17.2 Å². The van der Waals surface area contributed by atoms with Crippen molar-refractivity contribution < 1.29 is 17.9 Å². The Kier molecular flexibility index (Phi) is 5.58. The molecule has 1 heterocycles. The molecule has 0 fully saturated rings. The van der Waals surface area contributed by atoms with E-state index >= 15 is 0 Å². The quantitative estimate of drug-likeness (QED) is 0.494. The van der Waals surface area contributed by atoms with Gasteiger partial charge in [-0.25, -0.2) is 18.1 Å². The van der Waals surface area contributed by atoms with Gasteiger partial charge in [-0.15, -0.1) is 0 Å². The molecule has 0 atom stereocenters. The second-order valence-corrected chi connectivity index (χ2v) is 8.62. The fourth-order valence-electron chi connectivity index (χ4n) is 3.33. The first-order chi connectivity index (χ1) is 15.0. The Bertz CT molecular complexity index is 1350. The maximum absolute atomic E-state index is 12.0. The number of sulfonamides is 1. The summed E-state index contributed by atoms with van der Waals surface area (Å²) in [5.41, 5.74) is 4.71. The molecule has 0 aliphatic rings. The number of ether oxygens (including phenoxy) is 2. The number of hydrogen-bond acceptors (Lipinski definition) is 6. The average molecular weight is 436 g/mol. The first-order valence-electron chi connectivity index (χ1n) is 9.49. The molecular weight excluding hydrogens is 414 g/mol. The maximum Gasteiger partial charge on any atom is 0.240 e. The number of hydrogen-bond donors (Lipinski definition) is 1. The fourth-order valence-corrected chi connectivity index (χ4v) is 4.06. The van der Waals surface area contributed by atoms with Gasteiger partial charge in [-0.3, -0.25) is 4.98 Å². The lowest BCUT2D eigenvalue weighted by molar-refractivity contribution is 0.355. The van der Waals surface area contributed by atoms with Crippen molar-refractivity contribution in [1.82, 2.24) is 14.7 Å². The van der Waals surface area contributed by atoms with Crippen molar-refractivity contribution in [3.63, 3.8) is 0 Å².